The lowest BCUT2D eigenvalue weighted by Crippen LogP contribution is -2.61. The van der Waals surface area contributed by atoms with Gasteiger partial charge in [0.1, 0.15) is 0 Å². The van der Waals surface area contributed by atoms with Crippen LogP contribution in [-0.2, 0) is 11.3 Å². The summed E-state index contributed by atoms with van der Waals surface area (Å²) in [6.45, 7) is 5.20. The van der Waals surface area contributed by atoms with Crippen molar-refractivity contribution in [3.05, 3.63) is 17.5 Å². The van der Waals surface area contributed by atoms with Gasteiger partial charge in [-0.25, -0.2) is 4.79 Å². The number of amides is 3. The van der Waals surface area contributed by atoms with E-state index in [0.29, 0.717) is 12.0 Å². The maximum atomic E-state index is 12.8. The summed E-state index contributed by atoms with van der Waals surface area (Å²) in [5.41, 5.74) is 2.54. The van der Waals surface area contributed by atoms with Crippen LogP contribution in [0.25, 0.3) is 0 Å². The van der Waals surface area contributed by atoms with Crippen LogP contribution in [0.2, 0.25) is 0 Å². The van der Waals surface area contributed by atoms with Crippen molar-refractivity contribution in [2.24, 2.45) is 11.3 Å². The molecule has 6 heteroatoms. The molecule has 6 nitrogen and oxygen atoms in total. The Kier molecular flexibility index (Phi) is 3.66. The van der Waals surface area contributed by atoms with Crippen LogP contribution in [0.5, 0.6) is 0 Å². The van der Waals surface area contributed by atoms with E-state index >= 15 is 0 Å². The number of carbonyl (C=O) groups is 2. The SMILES string of the molecule is Cc1cc(C)n(CCCN2C(=O)N[C@@H]3CCC4(CC4)C[C@@H]3C2=O)n1. The summed E-state index contributed by atoms with van der Waals surface area (Å²) >= 11 is 0. The first-order chi connectivity index (χ1) is 11.5. The van der Waals surface area contributed by atoms with Crippen LogP contribution in [0.4, 0.5) is 4.79 Å². The van der Waals surface area contributed by atoms with Crippen molar-refractivity contribution >= 4 is 11.9 Å². The van der Waals surface area contributed by atoms with Gasteiger partial charge in [-0.1, -0.05) is 0 Å². The Morgan fingerprint density at radius 1 is 1.25 bits per heavy atom. The van der Waals surface area contributed by atoms with Crippen molar-refractivity contribution in [3.63, 3.8) is 0 Å². The molecule has 0 bridgehead atoms. The molecule has 24 heavy (non-hydrogen) atoms. The minimum absolute atomic E-state index is 0.00682. The van der Waals surface area contributed by atoms with Gasteiger partial charge >= 0.3 is 6.03 Å². The number of hydrogen-bond donors (Lipinski definition) is 1. The summed E-state index contributed by atoms with van der Waals surface area (Å²) in [4.78, 5) is 26.6. The second-order valence-corrected chi connectivity index (χ2v) is 7.90. The molecule has 2 aliphatic carbocycles. The van der Waals surface area contributed by atoms with Crippen molar-refractivity contribution in [2.45, 2.75) is 65.0 Å². The Bertz CT molecular complexity index is 677. The van der Waals surface area contributed by atoms with Crippen LogP contribution < -0.4 is 5.32 Å². The van der Waals surface area contributed by atoms with E-state index in [-0.39, 0.29) is 23.9 Å². The number of aryl methyl sites for hydroxylation is 3. The summed E-state index contributed by atoms with van der Waals surface area (Å²) in [5.74, 6) is 0.0377. The van der Waals surface area contributed by atoms with Gasteiger partial charge in [0.25, 0.3) is 0 Å². The van der Waals surface area contributed by atoms with Crippen LogP contribution in [-0.4, -0.2) is 39.2 Å². The smallest absolute Gasteiger partial charge is 0.324 e. The second kappa shape index (κ2) is 5.60. The molecule has 3 fully saturated rings. The average molecular weight is 330 g/mol. The lowest BCUT2D eigenvalue weighted by Gasteiger charge is -2.42. The van der Waals surface area contributed by atoms with Gasteiger partial charge in [0.05, 0.1) is 11.6 Å². The molecule has 1 aromatic heterocycles. The fourth-order valence-electron chi connectivity index (χ4n) is 4.47. The number of rotatable bonds is 4. The molecule has 1 aromatic rings. The Morgan fingerprint density at radius 3 is 2.71 bits per heavy atom. The molecule has 0 aromatic carbocycles. The number of nitrogens with zero attached hydrogens (tertiary/aromatic N) is 3. The van der Waals surface area contributed by atoms with E-state index in [9.17, 15) is 9.59 Å². The molecule has 130 valence electrons. The highest BCUT2D eigenvalue weighted by molar-refractivity contribution is 5.98. The van der Waals surface area contributed by atoms with Crippen LogP contribution >= 0.6 is 0 Å². The summed E-state index contributed by atoms with van der Waals surface area (Å²) in [7, 11) is 0. The average Bonchev–Trinajstić information content (AvgIpc) is 3.21. The van der Waals surface area contributed by atoms with Gasteiger partial charge in [-0.05, 0) is 63.9 Å². The monoisotopic (exact) mass is 330 g/mol. The van der Waals surface area contributed by atoms with Crippen molar-refractivity contribution < 1.29 is 9.59 Å². The third-order valence-corrected chi connectivity index (χ3v) is 6.07. The molecule has 2 saturated carbocycles. The third kappa shape index (κ3) is 2.72. The first kappa shape index (κ1) is 15.7. The normalized spacial score (nSPS) is 28.0. The van der Waals surface area contributed by atoms with Gasteiger partial charge in [-0.15, -0.1) is 0 Å². The van der Waals surface area contributed by atoms with Crippen molar-refractivity contribution in [1.29, 1.82) is 0 Å². The van der Waals surface area contributed by atoms with E-state index in [1.165, 1.54) is 24.2 Å². The zero-order chi connectivity index (χ0) is 16.9. The molecule has 1 N–H and O–H groups in total. The summed E-state index contributed by atoms with van der Waals surface area (Å²) in [6.07, 6.45) is 6.35. The number of nitrogens with one attached hydrogen (secondary N) is 1. The molecule has 1 aliphatic heterocycles. The van der Waals surface area contributed by atoms with E-state index in [1.54, 1.807) is 0 Å². The molecule has 0 radical (unpaired) electrons. The predicted octanol–water partition coefficient (Wildman–Crippen LogP) is 2.39. The minimum atomic E-state index is -0.207. The highest BCUT2D eigenvalue weighted by Crippen LogP contribution is 2.58. The summed E-state index contributed by atoms with van der Waals surface area (Å²) in [6, 6.07) is 1.89. The van der Waals surface area contributed by atoms with Gasteiger partial charge in [-0.2, -0.15) is 5.10 Å². The zero-order valence-corrected chi connectivity index (χ0v) is 14.5. The largest absolute Gasteiger partial charge is 0.334 e. The number of urea groups is 1. The first-order valence-electron chi connectivity index (χ1n) is 9.10. The quantitative estimate of drug-likeness (QED) is 0.922. The Balaban J connectivity index is 1.38. The number of imide groups is 1. The standard InChI is InChI=1S/C18H26N4O2/c1-12-10-13(2)22(20-12)9-3-8-21-16(23)14-11-18(6-7-18)5-4-15(14)19-17(21)24/h10,14-15H,3-9,11H2,1-2H3,(H,19,24)/t14-,15+/m0/s1. The molecular weight excluding hydrogens is 304 g/mol. The molecule has 4 rings (SSSR count). The van der Waals surface area contributed by atoms with Gasteiger partial charge in [0, 0.05) is 24.8 Å². The van der Waals surface area contributed by atoms with E-state index < -0.39 is 0 Å². The number of aromatic nitrogens is 2. The Labute approximate surface area is 142 Å². The minimum Gasteiger partial charge on any atom is -0.334 e. The molecule has 2 atom stereocenters. The van der Waals surface area contributed by atoms with Crippen LogP contribution in [0, 0.1) is 25.2 Å². The highest BCUT2D eigenvalue weighted by atomic mass is 16.2. The number of fused-ring (bicyclic) bond motifs is 1. The van der Waals surface area contributed by atoms with Gasteiger partial charge in [0.15, 0.2) is 0 Å². The topological polar surface area (TPSA) is 67.2 Å². The van der Waals surface area contributed by atoms with Gasteiger partial charge < -0.3 is 5.32 Å². The molecule has 3 amide bonds. The van der Waals surface area contributed by atoms with Crippen LogP contribution in [0.1, 0.15) is 49.9 Å². The van der Waals surface area contributed by atoms with E-state index in [2.05, 4.69) is 10.4 Å². The Morgan fingerprint density at radius 2 is 2.04 bits per heavy atom. The van der Waals surface area contributed by atoms with Crippen molar-refractivity contribution in [3.8, 4) is 0 Å². The lowest BCUT2D eigenvalue weighted by molar-refractivity contribution is -0.137. The fraction of sp³-hybridized carbons (Fsp3) is 0.722. The van der Waals surface area contributed by atoms with Crippen LogP contribution in [0.15, 0.2) is 6.07 Å². The zero-order valence-electron chi connectivity index (χ0n) is 14.5. The molecule has 2 heterocycles. The molecule has 1 saturated heterocycles. The van der Waals surface area contributed by atoms with Crippen molar-refractivity contribution in [2.75, 3.05) is 6.54 Å². The molecule has 0 unspecified atom stereocenters. The molecule has 3 aliphatic rings. The fourth-order valence-corrected chi connectivity index (χ4v) is 4.47. The predicted molar refractivity (Wildman–Crippen MR) is 89.4 cm³/mol. The van der Waals surface area contributed by atoms with E-state index in [1.807, 2.05) is 24.6 Å². The number of hydrogen-bond acceptors (Lipinski definition) is 3. The molecular formula is C18H26N4O2. The summed E-state index contributed by atoms with van der Waals surface area (Å²) < 4.78 is 1.95. The van der Waals surface area contributed by atoms with Crippen LogP contribution in [0.3, 0.4) is 0 Å². The lowest BCUT2D eigenvalue weighted by atomic mass is 9.74. The first-order valence-corrected chi connectivity index (χ1v) is 9.10. The Hall–Kier alpha value is -1.85. The number of carbonyl (C=O) groups excluding carboxylic acids is 2. The second-order valence-electron chi connectivity index (χ2n) is 7.90. The maximum Gasteiger partial charge on any atom is 0.324 e. The molecule has 1 spiro atoms. The third-order valence-electron chi connectivity index (χ3n) is 6.07. The summed E-state index contributed by atoms with van der Waals surface area (Å²) in [5, 5.41) is 7.51. The van der Waals surface area contributed by atoms with Gasteiger partial charge in [0.2, 0.25) is 5.91 Å². The highest BCUT2D eigenvalue weighted by Gasteiger charge is 2.53. The van der Waals surface area contributed by atoms with E-state index in [4.69, 9.17) is 0 Å². The van der Waals surface area contributed by atoms with E-state index in [0.717, 1.165) is 37.2 Å². The maximum absolute atomic E-state index is 12.8. The van der Waals surface area contributed by atoms with Crippen molar-refractivity contribution in [1.82, 2.24) is 20.0 Å². The van der Waals surface area contributed by atoms with Gasteiger partial charge in [-0.3, -0.25) is 14.4 Å².